The number of nitrogens with zero attached hydrogens (tertiary/aromatic N) is 1. The lowest BCUT2D eigenvalue weighted by Crippen LogP contribution is -2.29. The smallest absolute Gasteiger partial charge is 0.239 e. The average Bonchev–Trinajstić information content (AvgIpc) is 3.04. The molecule has 1 aromatic carbocycles. The van der Waals surface area contributed by atoms with Crippen molar-refractivity contribution in [1.29, 1.82) is 0 Å². The van der Waals surface area contributed by atoms with E-state index >= 15 is 0 Å². The second-order valence-electron chi connectivity index (χ2n) is 4.85. The van der Waals surface area contributed by atoms with E-state index in [1.807, 2.05) is 0 Å². The summed E-state index contributed by atoms with van der Waals surface area (Å²) in [4.78, 5) is 15.7. The van der Waals surface area contributed by atoms with Gasteiger partial charge in [0.05, 0.1) is 19.4 Å². The number of rotatable bonds is 5. The summed E-state index contributed by atoms with van der Waals surface area (Å²) in [6, 6.07) is 6.98. The second kappa shape index (κ2) is 6.43. The molecule has 2 N–H and O–H groups in total. The van der Waals surface area contributed by atoms with Crippen LogP contribution in [0.1, 0.15) is 5.76 Å². The number of carbonyl (C=O) groups excluding carboxylic acids is 1. The molecule has 0 radical (unpaired) electrons. The van der Waals surface area contributed by atoms with E-state index in [1.54, 1.807) is 18.2 Å². The van der Waals surface area contributed by atoms with Gasteiger partial charge >= 0.3 is 0 Å². The first-order valence-electron chi connectivity index (χ1n) is 6.90. The van der Waals surface area contributed by atoms with Crippen LogP contribution in [-0.4, -0.2) is 17.4 Å². The SMILES string of the molecule is O=C(CNc1ccnc2c(F)cc(F)cc12)NCc1ccco1. The Morgan fingerprint density at radius 2 is 2.13 bits per heavy atom. The molecule has 2 heterocycles. The van der Waals surface area contributed by atoms with E-state index in [0.29, 0.717) is 11.4 Å². The minimum absolute atomic E-state index is 0.0437. The van der Waals surface area contributed by atoms with Gasteiger partial charge in [-0.2, -0.15) is 0 Å². The number of pyridine rings is 1. The van der Waals surface area contributed by atoms with Crippen LogP contribution >= 0.6 is 0 Å². The van der Waals surface area contributed by atoms with Crippen LogP contribution in [0, 0.1) is 11.6 Å². The molecular weight excluding hydrogens is 304 g/mol. The van der Waals surface area contributed by atoms with E-state index in [1.165, 1.54) is 18.5 Å². The molecule has 0 aliphatic rings. The van der Waals surface area contributed by atoms with Gasteiger partial charge < -0.3 is 15.1 Å². The Morgan fingerprint density at radius 1 is 1.26 bits per heavy atom. The highest BCUT2D eigenvalue weighted by molar-refractivity contribution is 5.93. The molecule has 118 valence electrons. The lowest BCUT2D eigenvalue weighted by atomic mass is 10.1. The fourth-order valence-electron chi connectivity index (χ4n) is 2.17. The zero-order valence-electron chi connectivity index (χ0n) is 12.0. The zero-order chi connectivity index (χ0) is 16.2. The second-order valence-corrected chi connectivity index (χ2v) is 4.85. The van der Waals surface area contributed by atoms with Gasteiger partial charge in [-0.15, -0.1) is 0 Å². The van der Waals surface area contributed by atoms with Crippen molar-refractivity contribution in [3.05, 3.63) is 60.2 Å². The fraction of sp³-hybridized carbons (Fsp3) is 0.125. The quantitative estimate of drug-likeness (QED) is 0.759. The van der Waals surface area contributed by atoms with Crippen molar-refractivity contribution in [2.75, 3.05) is 11.9 Å². The molecular formula is C16H13F2N3O2. The molecule has 1 amide bonds. The molecule has 23 heavy (non-hydrogen) atoms. The van der Waals surface area contributed by atoms with Crippen LogP contribution in [0.5, 0.6) is 0 Å². The van der Waals surface area contributed by atoms with Crippen molar-refractivity contribution in [2.45, 2.75) is 6.54 Å². The van der Waals surface area contributed by atoms with Crippen LogP contribution in [0.25, 0.3) is 10.9 Å². The number of furan rings is 1. The molecule has 0 atom stereocenters. The maximum atomic E-state index is 13.7. The van der Waals surface area contributed by atoms with E-state index in [-0.39, 0.29) is 29.9 Å². The number of anilines is 1. The Bertz CT molecular complexity index is 835. The zero-order valence-corrected chi connectivity index (χ0v) is 12.0. The molecule has 0 saturated heterocycles. The summed E-state index contributed by atoms with van der Waals surface area (Å²) >= 11 is 0. The number of benzene rings is 1. The highest BCUT2D eigenvalue weighted by Gasteiger charge is 2.10. The first-order chi connectivity index (χ1) is 11.1. The van der Waals surface area contributed by atoms with E-state index in [9.17, 15) is 13.6 Å². The molecule has 0 bridgehead atoms. The topological polar surface area (TPSA) is 67.2 Å². The lowest BCUT2D eigenvalue weighted by molar-refractivity contribution is -0.119. The summed E-state index contributed by atoms with van der Waals surface area (Å²) < 4.78 is 32.2. The molecule has 0 unspecified atom stereocenters. The number of nitrogens with one attached hydrogen (secondary N) is 2. The minimum atomic E-state index is -0.745. The van der Waals surface area contributed by atoms with Gasteiger partial charge in [-0.25, -0.2) is 8.78 Å². The van der Waals surface area contributed by atoms with Gasteiger partial charge in [-0.3, -0.25) is 9.78 Å². The van der Waals surface area contributed by atoms with Gasteiger partial charge in [-0.1, -0.05) is 0 Å². The Balaban J connectivity index is 1.68. The van der Waals surface area contributed by atoms with Crippen molar-refractivity contribution in [3.63, 3.8) is 0 Å². The number of hydrogen-bond acceptors (Lipinski definition) is 4. The summed E-state index contributed by atoms with van der Waals surface area (Å²) in [7, 11) is 0. The molecule has 2 aromatic heterocycles. The summed E-state index contributed by atoms with van der Waals surface area (Å²) in [6.45, 7) is 0.228. The number of halogens is 2. The molecule has 0 aliphatic heterocycles. The first-order valence-corrected chi connectivity index (χ1v) is 6.90. The standard InChI is InChI=1S/C16H13F2N3O2/c17-10-6-12-14(3-4-19-16(12)13(18)7-10)20-9-15(22)21-8-11-2-1-5-23-11/h1-7H,8-9H2,(H,19,20)(H,21,22). The molecule has 3 aromatic rings. The van der Waals surface area contributed by atoms with Gasteiger partial charge in [-0.05, 0) is 24.3 Å². The van der Waals surface area contributed by atoms with Crippen molar-refractivity contribution in [2.24, 2.45) is 0 Å². The molecule has 7 heteroatoms. The number of amides is 1. The summed E-state index contributed by atoms with van der Waals surface area (Å²) in [6.07, 6.45) is 2.92. The number of carbonyl (C=O) groups is 1. The number of hydrogen-bond donors (Lipinski definition) is 2. The van der Waals surface area contributed by atoms with Gasteiger partial charge in [0.1, 0.15) is 17.1 Å². The van der Waals surface area contributed by atoms with Gasteiger partial charge in [0.15, 0.2) is 5.82 Å². The highest BCUT2D eigenvalue weighted by Crippen LogP contribution is 2.24. The third-order valence-electron chi connectivity index (χ3n) is 3.24. The lowest BCUT2D eigenvalue weighted by Gasteiger charge is -2.10. The van der Waals surface area contributed by atoms with E-state index in [2.05, 4.69) is 15.6 Å². The predicted molar refractivity (Wildman–Crippen MR) is 80.7 cm³/mol. The highest BCUT2D eigenvalue weighted by atomic mass is 19.1. The Morgan fingerprint density at radius 3 is 2.91 bits per heavy atom. The Hall–Kier alpha value is -2.96. The predicted octanol–water partition coefficient (Wildman–Crippen LogP) is 2.83. The molecule has 0 aliphatic carbocycles. The Labute approximate surface area is 130 Å². The summed E-state index contributed by atoms with van der Waals surface area (Å²) in [5.41, 5.74) is 0.481. The van der Waals surface area contributed by atoms with E-state index in [4.69, 9.17) is 4.42 Å². The van der Waals surface area contributed by atoms with Crippen molar-refractivity contribution in [3.8, 4) is 0 Å². The fourth-order valence-corrected chi connectivity index (χ4v) is 2.17. The number of aromatic nitrogens is 1. The van der Waals surface area contributed by atoms with Crippen LogP contribution in [-0.2, 0) is 11.3 Å². The van der Waals surface area contributed by atoms with Gasteiger partial charge in [0.2, 0.25) is 5.91 Å². The third kappa shape index (κ3) is 3.45. The molecule has 3 rings (SSSR count). The molecule has 0 fully saturated rings. The van der Waals surface area contributed by atoms with E-state index in [0.717, 1.165) is 6.07 Å². The summed E-state index contributed by atoms with van der Waals surface area (Å²) in [5.74, 6) is -1.08. The van der Waals surface area contributed by atoms with Crippen LogP contribution in [0.3, 0.4) is 0 Å². The third-order valence-corrected chi connectivity index (χ3v) is 3.24. The van der Waals surface area contributed by atoms with Gasteiger partial charge in [0, 0.05) is 23.3 Å². The van der Waals surface area contributed by atoms with Gasteiger partial charge in [0.25, 0.3) is 0 Å². The van der Waals surface area contributed by atoms with Crippen LogP contribution in [0.2, 0.25) is 0 Å². The number of fused-ring (bicyclic) bond motifs is 1. The normalized spacial score (nSPS) is 10.7. The van der Waals surface area contributed by atoms with Crippen molar-refractivity contribution in [1.82, 2.24) is 10.3 Å². The van der Waals surface area contributed by atoms with Crippen LogP contribution < -0.4 is 10.6 Å². The first kappa shape index (κ1) is 15.0. The van der Waals surface area contributed by atoms with Crippen LogP contribution in [0.15, 0.2) is 47.2 Å². The monoisotopic (exact) mass is 317 g/mol. The largest absolute Gasteiger partial charge is 0.467 e. The van der Waals surface area contributed by atoms with Crippen molar-refractivity contribution >= 4 is 22.5 Å². The maximum Gasteiger partial charge on any atom is 0.239 e. The summed E-state index contributed by atoms with van der Waals surface area (Å²) in [5, 5.41) is 5.80. The molecule has 0 saturated carbocycles. The van der Waals surface area contributed by atoms with Crippen molar-refractivity contribution < 1.29 is 18.0 Å². The average molecular weight is 317 g/mol. The minimum Gasteiger partial charge on any atom is -0.467 e. The molecule has 0 spiro atoms. The van der Waals surface area contributed by atoms with E-state index < -0.39 is 11.6 Å². The Kier molecular flexibility index (Phi) is 4.18. The maximum absolute atomic E-state index is 13.7. The molecule has 5 nitrogen and oxygen atoms in total. The van der Waals surface area contributed by atoms with Crippen LogP contribution in [0.4, 0.5) is 14.5 Å².